The van der Waals surface area contributed by atoms with Crippen LogP contribution >= 0.6 is 0 Å². The topological polar surface area (TPSA) is 61.8 Å². The van der Waals surface area contributed by atoms with Gasteiger partial charge in [-0.05, 0) is 12.1 Å². The molecule has 0 aromatic heterocycles. The summed E-state index contributed by atoms with van der Waals surface area (Å²) >= 11 is 0. The summed E-state index contributed by atoms with van der Waals surface area (Å²) in [6.45, 7) is -1.79. The van der Waals surface area contributed by atoms with E-state index in [0.29, 0.717) is 0 Å². The lowest BCUT2D eigenvalue weighted by Crippen LogP contribution is -2.33. The fourth-order valence-electron chi connectivity index (χ4n) is 1.42. The Hall–Kier alpha value is -2.39. The van der Waals surface area contributed by atoms with E-state index >= 15 is 0 Å². The van der Waals surface area contributed by atoms with E-state index in [1.54, 1.807) is 0 Å². The van der Waals surface area contributed by atoms with Crippen LogP contribution in [0.15, 0.2) is 18.2 Å². The molecule has 0 spiro atoms. The third kappa shape index (κ3) is 6.01. The molecule has 1 rings (SSSR count). The van der Waals surface area contributed by atoms with Gasteiger partial charge in [-0.2, -0.15) is 8.78 Å². The van der Waals surface area contributed by atoms with Crippen LogP contribution in [0.4, 0.5) is 22.0 Å². The molecule has 0 aliphatic heterocycles. The Labute approximate surface area is 133 Å². The minimum atomic E-state index is -4.46. The Morgan fingerprint density at radius 1 is 1.12 bits per heavy atom. The summed E-state index contributed by atoms with van der Waals surface area (Å²) in [5.74, 6) is -7.48. The number of hydrogen-bond acceptors (Lipinski definition) is 5. The highest BCUT2D eigenvalue weighted by atomic mass is 19.3. The number of carbonyl (C=O) groups is 2. The lowest BCUT2D eigenvalue weighted by Gasteiger charge is -2.14. The Morgan fingerprint density at radius 3 is 2.33 bits per heavy atom. The third-order valence-electron chi connectivity index (χ3n) is 2.63. The van der Waals surface area contributed by atoms with Gasteiger partial charge < -0.3 is 14.2 Å². The van der Waals surface area contributed by atoms with Crippen LogP contribution in [0.3, 0.4) is 0 Å². The molecular weight excluding hydrogens is 343 g/mol. The van der Waals surface area contributed by atoms with E-state index in [1.807, 2.05) is 0 Å². The van der Waals surface area contributed by atoms with Crippen LogP contribution in [-0.2, 0) is 14.3 Å². The van der Waals surface area contributed by atoms with Gasteiger partial charge in [-0.3, -0.25) is 9.59 Å². The number of methoxy groups -OCH3 is 1. The maximum Gasteiger partial charge on any atom is 0.340 e. The minimum Gasteiger partial charge on any atom is -0.493 e. The van der Waals surface area contributed by atoms with E-state index in [-0.39, 0.29) is 11.5 Å². The second-order valence-electron chi connectivity index (χ2n) is 4.49. The van der Waals surface area contributed by atoms with Crippen molar-refractivity contribution in [2.45, 2.75) is 25.2 Å². The Balaban J connectivity index is 2.45. The van der Waals surface area contributed by atoms with Gasteiger partial charge in [0.1, 0.15) is 5.82 Å². The molecule has 0 heterocycles. The van der Waals surface area contributed by atoms with E-state index in [2.05, 4.69) is 4.74 Å². The number of benzene rings is 1. The van der Waals surface area contributed by atoms with Crippen molar-refractivity contribution in [3.8, 4) is 11.5 Å². The second kappa shape index (κ2) is 8.46. The van der Waals surface area contributed by atoms with Crippen LogP contribution < -0.4 is 9.47 Å². The molecule has 0 radical (unpaired) electrons. The molecule has 1 aromatic carbocycles. The zero-order valence-electron chi connectivity index (χ0n) is 12.4. The molecular formula is C14H13F5O5. The number of ether oxygens (including phenoxy) is 3. The normalized spacial score (nSPS) is 11.3. The fourth-order valence-corrected chi connectivity index (χ4v) is 1.42. The standard InChI is InChI=1S/C14H13F5O5/c1-22-10-6-8(15)2-3-9(10)24-12(21)5-4-11(20)23-7-14(18,19)13(16)17/h2-3,6,13H,4-5,7H2,1H3. The first-order valence-corrected chi connectivity index (χ1v) is 6.51. The average molecular weight is 356 g/mol. The molecule has 0 N–H and O–H groups in total. The molecule has 0 aliphatic carbocycles. The predicted octanol–water partition coefficient (Wildman–Crippen LogP) is 2.96. The van der Waals surface area contributed by atoms with Crippen molar-refractivity contribution in [2.24, 2.45) is 0 Å². The summed E-state index contributed by atoms with van der Waals surface area (Å²) in [6, 6.07) is 3.09. The molecule has 24 heavy (non-hydrogen) atoms. The highest BCUT2D eigenvalue weighted by Gasteiger charge is 2.42. The lowest BCUT2D eigenvalue weighted by atomic mass is 10.3. The van der Waals surface area contributed by atoms with Gasteiger partial charge in [0.15, 0.2) is 18.1 Å². The van der Waals surface area contributed by atoms with Crippen molar-refractivity contribution in [2.75, 3.05) is 13.7 Å². The molecule has 1 aromatic rings. The van der Waals surface area contributed by atoms with Gasteiger partial charge in [-0.25, -0.2) is 13.2 Å². The number of rotatable bonds is 8. The van der Waals surface area contributed by atoms with E-state index in [9.17, 15) is 31.5 Å². The second-order valence-corrected chi connectivity index (χ2v) is 4.49. The van der Waals surface area contributed by atoms with E-state index in [1.165, 1.54) is 7.11 Å². The molecule has 0 unspecified atom stereocenters. The average Bonchev–Trinajstić information content (AvgIpc) is 2.52. The SMILES string of the molecule is COc1cc(F)ccc1OC(=O)CCC(=O)OCC(F)(F)C(F)F. The zero-order valence-corrected chi connectivity index (χ0v) is 12.4. The number of alkyl halides is 4. The van der Waals surface area contributed by atoms with Gasteiger partial charge in [0.25, 0.3) is 0 Å². The molecule has 5 nitrogen and oxygen atoms in total. The first-order valence-electron chi connectivity index (χ1n) is 6.51. The molecule has 0 bridgehead atoms. The molecule has 0 amide bonds. The van der Waals surface area contributed by atoms with Crippen molar-refractivity contribution in [3.05, 3.63) is 24.0 Å². The summed E-state index contributed by atoms with van der Waals surface area (Å²) in [4.78, 5) is 22.7. The number of halogens is 5. The van der Waals surface area contributed by atoms with Crippen molar-refractivity contribution in [1.29, 1.82) is 0 Å². The van der Waals surface area contributed by atoms with Gasteiger partial charge in [0, 0.05) is 6.07 Å². The highest BCUT2D eigenvalue weighted by Crippen LogP contribution is 2.28. The molecule has 0 fully saturated rings. The van der Waals surface area contributed by atoms with E-state index in [0.717, 1.165) is 18.2 Å². The highest BCUT2D eigenvalue weighted by molar-refractivity contribution is 5.79. The summed E-state index contributed by atoms with van der Waals surface area (Å²) in [7, 11) is 1.21. The summed E-state index contributed by atoms with van der Waals surface area (Å²) in [6.07, 6.45) is -5.18. The van der Waals surface area contributed by atoms with Gasteiger partial charge in [-0.1, -0.05) is 0 Å². The van der Waals surface area contributed by atoms with Gasteiger partial charge in [0.2, 0.25) is 0 Å². The van der Waals surface area contributed by atoms with Crippen LogP contribution in [0.1, 0.15) is 12.8 Å². The molecule has 0 aliphatic rings. The Kier molecular flexibility index (Phi) is 6.93. The van der Waals surface area contributed by atoms with Gasteiger partial charge >= 0.3 is 24.3 Å². The fraction of sp³-hybridized carbons (Fsp3) is 0.429. The summed E-state index contributed by atoms with van der Waals surface area (Å²) in [5, 5.41) is 0. The number of carbonyl (C=O) groups excluding carboxylic acids is 2. The van der Waals surface area contributed by atoms with Crippen molar-refractivity contribution < 1.29 is 45.8 Å². The number of hydrogen-bond donors (Lipinski definition) is 0. The van der Waals surface area contributed by atoms with Crippen LogP contribution in [-0.4, -0.2) is 38.0 Å². The predicted molar refractivity (Wildman–Crippen MR) is 69.7 cm³/mol. The minimum absolute atomic E-state index is 0.0671. The number of esters is 2. The van der Waals surface area contributed by atoms with Crippen LogP contribution in [0.5, 0.6) is 11.5 Å². The first kappa shape index (κ1) is 19.7. The van der Waals surface area contributed by atoms with Crippen molar-refractivity contribution >= 4 is 11.9 Å². The monoisotopic (exact) mass is 356 g/mol. The Morgan fingerprint density at radius 2 is 1.75 bits per heavy atom. The first-order chi connectivity index (χ1) is 11.2. The van der Waals surface area contributed by atoms with Gasteiger partial charge in [0.05, 0.1) is 20.0 Å². The molecule has 0 atom stereocenters. The largest absolute Gasteiger partial charge is 0.493 e. The molecule has 0 saturated heterocycles. The van der Waals surface area contributed by atoms with E-state index < -0.39 is 49.6 Å². The van der Waals surface area contributed by atoms with E-state index in [4.69, 9.17) is 9.47 Å². The summed E-state index contributed by atoms with van der Waals surface area (Å²) < 4.78 is 75.4. The Bertz CT molecular complexity index is 591. The molecule has 10 heteroatoms. The molecule has 134 valence electrons. The van der Waals surface area contributed by atoms with Gasteiger partial charge in [-0.15, -0.1) is 0 Å². The molecule has 0 saturated carbocycles. The van der Waals surface area contributed by atoms with Crippen molar-refractivity contribution in [3.63, 3.8) is 0 Å². The lowest BCUT2D eigenvalue weighted by molar-refractivity contribution is -0.180. The maximum absolute atomic E-state index is 13.0. The van der Waals surface area contributed by atoms with Crippen LogP contribution in [0, 0.1) is 5.82 Å². The van der Waals surface area contributed by atoms with Crippen molar-refractivity contribution in [1.82, 2.24) is 0 Å². The van der Waals surface area contributed by atoms with Crippen LogP contribution in [0.2, 0.25) is 0 Å². The third-order valence-corrected chi connectivity index (χ3v) is 2.63. The maximum atomic E-state index is 13.0. The quantitative estimate of drug-likeness (QED) is 0.407. The summed E-state index contributed by atoms with van der Waals surface area (Å²) in [5.41, 5.74) is 0. The smallest absolute Gasteiger partial charge is 0.340 e. The van der Waals surface area contributed by atoms with Crippen LogP contribution in [0.25, 0.3) is 0 Å². The zero-order chi connectivity index (χ0) is 18.3.